The van der Waals surface area contributed by atoms with Crippen molar-refractivity contribution in [3.05, 3.63) is 40.2 Å². The maximum Gasteiger partial charge on any atom is 0.205 e. The molecule has 6 heteroatoms. The molecule has 0 fully saturated rings. The number of Topliss-reactive ketones (excluding diaryl/α,β-unsaturated/α-hetero) is 1. The van der Waals surface area contributed by atoms with E-state index in [1.54, 1.807) is 0 Å². The number of allylic oxidation sites excluding steroid dienone is 3. The van der Waals surface area contributed by atoms with Crippen LogP contribution in [0, 0.1) is 23.7 Å². The van der Waals surface area contributed by atoms with E-state index < -0.39 is 5.92 Å². The standard InChI is InChI=1S/C19H24N4O2/c1-10(2)23-9-13(11(3)22-23)16-12(8-20)18(21)25-15-7-19(4,5)6-14(24)17(15)16/h9-10,16H,6-7,21H2,1-5H3. The van der Waals surface area contributed by atoms with E-state index in [4.69, 9.17) is 10.5 Å². The molecular weight excluding hydrogens is 316 g/mol. The van der Waals surface area contributed by atoms with Crippen LogP contribution in [0.3, 0.4) is 0 Å². The number of carbonyl (C=O) groups is 1. The molecule has 3 rings (SSSR count). The fourth-order valence-corrected chi connectivity index (χ4v) is 3.64. The summed E-state index contributed by atoms with van der Waals surface area (Å²) >= 11 is 0. The summed E-state index contributed by atoms with van der Waals surface area (Å²) in [5.74, 6) is 0.214. The fourth-order valence-electron chi connectivity index (χ4n) is 3.64. The molecule has 25 heavy (non-hydrogen) atoms. The van der Waals surface area contributed by atoms with E-state index in [2.05, 4.69) is 11.2 Å². The first kappa shape index (κ1) is 17.3. The molecule has 1 aliphatic heterocycles. The Morgan fingerprint density at radius 2 is 2.12 bits per heavy atom. The average molecular weight is 340 g/mol. The number of nitrogens with two attached hydrogens (primary N) is 1. The number of carbonyl (C=O) groups excluding carboxylic acids is 1. The van der Waals surface area contributed by atoms with E-state index in [0.29, 0.717) is 29.7 Å². The second kappa shape index (κ2) is 5.76. The van der Waals surface area contributed by atoms with Crippen molar-refractivity contribution in [2.24, 2.45) is 11.1 Å². The highest BCUT2D eigenvalue weighted by Crippen LogP contribution is 2.48. The van der Waals surface area contributed by atoms with Gasteiger partial charge in [-0.2, -0.15) is 10.4 Å². The van der Waals surface area contributed by atoms with Crippen LogP contribution < -0.4 is 5.73 Å². The average Bonchev–Trinajstić information content (AvgIpc) is 2.86. The number of hydrogen-bond acceptors (Lipinski definition) is 5. The summed E-state index contributed by atoms with van der Waals surface area (Å²) < 4.78 is 7.56. The van der Waals surface area contributed by atoms with Crippen molar-refractivity contribution in [3.63, 3.8) is 0 Å². The van der Waals surface area contributed by atoms with Crippen LogP contribution in [0.4, 0.5) is 0 Å². The number of nitriles is 1. The largest absolute Gasteiger partial charge is 0.444 e. The van der Waals surface area contributed by atoms with Crippen LogP contribution in [0.2, 0.25) is 0 Å². The molecule has 1 aromatic heterocycles. The van der Waals surface area contributed by atoms with Crippen LogP contribution in [0.15, 0.2) is 29.0 Å². The van der Waals surface area contributed by atoms with Crippen LogP contribution in [0.1, 0.15) is 63.8 Å². The number of rotatable bonds is 2. The molecule has 2 N–H and O–H groups in total. The maximum absolute atomic E-state index is 12.9. The third-order valence-electron chi connectivity index (χ3n) is 4.87. The minimum absolute atomic E-state index is 0.0215. The minimum atomic E-state index is -0.496. The van der Waals surface area contributed by atoms with Gasteiger partial charge in [-0.3, -0.25) is 9.48 Å². The zero-order valence-electron chi connectivity index (χ0n) is 15.4. The summed E-state index contributed by atoms with van der Waals surface area (Å²) in [4.78, 5) is 12.9. The molecule has 1 unspecified atom stereocenters. The first-order valence-electron chi connectivity index (χ1n) is 8.54. The Morgan fingerprint density at radius 1 is 1.44 bits per heavy atom. The van der Waals surface area contributed by atoms with Crippen LogP contribution in [-0.4, -0.2) is 15.6 Å². The van der Waals surface area contributed by atoms with E-state index in [9.17, 15) is 10.1 Å². The molecule has 1 aliphatic carbocycles. The van der Waals surface area contributed by atoms with Crippen molar-refractivity contribution >= 4 is 5.78 Å². The molecule has 6 nitrogen and oxygen atoms in total. The molecule has 0 saturated heterocycles. The Balaban J connectivity index is 2.20. The third kappa shape index (κ3) is 2.84. The zero-order chi connectivity index (χ0) is 18.5. The van der Waals surface area contributed by atoms with E-state index >= 15 is 0 Å². The molecule has 0 radical (unpaired) electrons. The SMILES string of the molecule is Cc1nn(C(C)C)cc1C1C(C#N)=C(N)OC2=C1C(=O)CC(C)(C)C2. The lowest BCUT2D eigenvalue weighted by atomic mass is 9.70. The molecule has 0 saturated carbocycles. The van der Waals surface area contributed by atoms with Crippen molar-refractivity contribution < 1.29 is 9.53 Å². The maximum atomic E-state index is 12.9. The lowest BCUT2D eigenvalue weighted by Crippen LogP contribution is -2.33. The Kier molecular flexibility index (Phi) is 3.98. The van der Waals surface area contributed by atoms with E-state index in [-0.39, 0.29) is 23.1 Å². The van der Waals surface area contributed by atoms with Crippen molar-refractivity contribution in [2.45, 2.75) is 59.4 Å². The number of ether oxygens (including phenoxy) is 1. The molecular formula is C19H24N4O2. The quantitative estimate of drug-likeness (QED) is 0.892. The zero-order valence-corrected chi connectivity index (χ0v) is 15.4. The lowest BCUT2D eigenvalue weighted by molar-refractivity contribution is -0.119. The number of aryl methyl sites for hydroxylation is 1. The third-order valence-corrected chi connectivity index (χ3v) is 4.87. The molecule has 0 bridgehead atoms. The normalized spacial score (nSPS) is 22.8. The molecule has 132 valence electrons. The Labute approximate surface area is 147 Å². The highest BCUT2D eigenvalue weighted by molar-refractivity contribution is 6.00. The summed E-state index contributed by atoms with van der Waals surface area (Å²) in [5.41, 5.74) is 8.36. The van der Waals surface area contributed by atoms with Crippen molar-refractivity contribution in [2.75, 3.05) is 0 Å². The van der Waals surface area contributed by atoms with Crippen molar-refractivity contribution in [1.82, 2.24) is 9.78 Å². The molecule has 0 spiro atoms. The number of aromatic nitrogens is 2. The van der Waals surface area contributed by atoms with Gasteiger partial charge in [-0.1, -0.05) is 13.8 Å². The van der Waals surface area contributed by atoms with Gasteiger partial charge in [-0.05, 0) is 26.2 Å². The fraction of sp³-hybridized carbons (Fsp3) is 0.526. The summed E-state index contributed by atoms with van der Waals surface area (Å²) in [7, 11) is 0. The predicted octanol–water partition coefficient (Wildman–Crippen LogP) is 3.22. The van der Waals surface area contributed by atoms with Crippen LogP contribution in [-0.2, 0) is 9.53 Å². The Morgan fingerprint density at radius 3 is 2.68 bits per heavy atom. The summed E-state index contributed by atoms with van der Waals surface area (Å²) in [6.45, 7) is 10.0. The molecule has 2 aliphatic rings. The molecule has 0 aromatic carbocycles. The van der Waals surface area contributed by atoms with Crippen LogP contribution in [0.5, 0.6) is 0 Å². The van der Waals surface area contributed by atoms with Gasteiger partial charge >= 0.3 is 0 Å². The van der Waals surface area contributed by atoms with Gasteiger partial charge in [-0.15, -0.1) is 0 Å². The first-order chi connectivity index (χ1) is 11.6. The second-order valence-corrected chi connectivity index (χ2v) is 7.95. The van der Waals surface area contributed by atoms with Crippen LogP contribution in [0.25, 0.3) is 0 Å². The van der Waals surface area contributed by atoms with Gasteiger partial charge in [0.15, 0.2) is 5.78 Å². The predicted molar refractivity (Wildman–Crippen MR) is 93.0 cm³/mol. The van der Waals surface area contributed by atoms with Gasteiger partial charge in [0.1, 0.15) is 17.4 Å². The topological polar surface area (TPSA) is 93.9 Å². The molecule has 1 atom stereocenters. The second-order valence-electron chi connectivity index (χ2n) is 7.95. The Bertz CT molecular complexity index is 849. The highest BCUT2D eigenvalue weighted by Gasteiger charge is 2.43. The molecule has 2 heterocycles. The van der Waals surface area contributed by atoms with Gasteiger partial charge in [-0.25, -0.2) is 0 Å². The number of ketones is 1. The summed E-state index contributed by atoms with van der Waals surface area (Å²) in [6, 6.07) is 2.34. The molecule has 1 aromatic rings. The van der Waals surface area contributed by atoms with E-state index in [1.807, 2.05) is 45.5 Å². The van der Waals surface area contributed by atoms with Gasteiger partial charge < -0.3 is 10.5 Å². The van der Waals surface area contributed by atoms with E-state index in [1.165, 1.54) is 0 Å². The Hall–Kier alpha value is -2.55. The highest BCUT2D eigenvalue weighted by atomic mass is 16.5. The van der Waals surface area contributed by atoms with Gasteiger partial charge in [0.2, 0.25) is 5.88 Å². The monoisotopic (exact) mass is 340 g/mol. The summed E-state index contributed by atoms with van der Waals surface area (Å²) in [6.07, 6.45) is 2.97. The summed E-state index contributed by atoms with van der Waals surface area (Å²) in [5, 5.41) is 14.2. The van der Waals surface area contributed by atoms with Crippen molar-refractivity contribution in [3.8, 4) is 6.07 Å². The number of nitrogens with zero attached hydrogens (tertiary/aromatic N) is 3. The first-order valence-corrected chi connectivity index (χ1v) is 8.54. The van der Waals surface area contributed by atoms with E-state index in [0.717, 1.165) is 11.3 Å². The smallest absolute Gasteiger partial charge is 0.205 e. The van der Waals surface area contributed by atoms with Gasteiger partial charge in [0, 0.05) is 36.2 Å². The number of hydrogen-bond donors (Lipinski definition) is 1. The lowest BCUT2D eigenvalue weighted by Gasteiger charge is -2.37. The van der Waals surface area contributed by atoms with Gasteiger partial charge in [0.25, 0.3) is 0 Å². The van der Waals surface area contributed by atoms with Crippen molar-refractivity contribution in [1.29, 1.82) is 5.26 Å². The minimum Gasteiger partial charge on any atom is -0.444 e. The van der Waals surface area contributed by atoms with Crippen LogP contribution >= 0.6 is 0 Å². The molecule has 0 amide bonds. The van der Waals surface area contributed by atoms with Gasteiger partial charge in [0.05, 0.1) is 11.6 Å².